The standard InChI is InChI=1S/C14H22FNO3/c1-13(2,3)19-12(17)16-9-5-4-6-10(16)11(15)14(7-9)8-18-14/h9-11H,4-8H2,1-3H3/t9-,10+,11+,14?/m1/s1. The molecule has 2 bridgehead atoms. The Morgan fingerprint density at radius 2 is 2.11 bits per heavy atom. The molecule has 0 aliphatic carbocycles. The zero-order valence-corrected chi connectivity index (χ0v) is 11.8. The first-order valence-electron chi connectivity index (χ1n) is 7.12. The van der Waals surface area contributed by atoms with Crippen LogP contribution in [0.25, 0.3) is 0 Å². The smallest absolute Gasteiger partial charge is 0.410 e. The Morgan fingerprint density at radius 1 is 1.42 bits per heavy atom. The summed E-state index contributed by atoms with van der Waals surface area (Å²) in [6, 6.07) is -0.298. The molecule has 1 spiro atoms. The minimum Gasteiger partial charge on any atom is -0.444 e. The molecule has 19 heavy (non-hydrogen) atoms. The lowest BCUT2D eigenvalue weighted by molar-refractivity contribution is -0.0674. The lowest BCUT2D eigenvalue weighted by Crippen LogP contribution is -2.63. The molecule has 1 unspecified atom stereocenters. The van der Waals surface area contributed by atoms with E-state index >= 15 is 0 Å². The molecule has 4 nitrogen and oxygen atoms in total. The molecule has 3 fully saturated rings. The van der Waals surface area contributed by atoms with E-state index in [4.69, 9.17) is 9.47 Å². The second-order valence-corrected chi connectivity index (χ2v) is 7.00. The van der Waals surface area contributed by atoms with E-state index in [1.807, 2.05) is 20.8 Å². The van der Waals surface area contributed by atoms with Gasteiger partial charge in [0.05, 0.1) is 12.6 Å². The van der Waals surface area contributed by atoms with Gasteiger partial charge in [-0.05, 0) is 40.0 Å². The van der Waals surface area contributed by atoms with Gasteiger partial charge in [0.1, 0.15) is 11.2 Å². The van der Waals surface area contributed by atoms with Crippen LogP contribution in [-0.2, 0) is 9.47 Å². The zero-order chi connectivity index (χ0) is 13.8. The first kappa shape index (κ1) is 13.2. The molecular formula is C14H22FNO3. The summed E-state index contributed by atoms with van der Waals surface area (Å²) in [5.74, 6) is 0. The maximum atomic E-state index is 14.6. The van der Waals surface area contributed by atoms with Crippen LogP contribution in [0.4, 0.5) is 9.18 Å². The van der Waals surface area contributed by atoms with Crippen LogP contribution in [0.5, 0.6) is 0 Å². The highest BCUT2D eigenvalue weighted by Gasteiger charge is 2.63. The lowest BCUT2D eigenvalue weighted by atomic mass is 9.77. The van der Waals surface area contributed by atoms with Gasteiger partial charge in [-0.15, -0.1) is 0 Å². The molecule has 0 aromatic carbocycles. The minimum atomic E-state index is -1.07. The van der Waals surface area contributed by atoms with E-state index in [1.165, 1.54) is 0 Å². The molecule has 0 aromatic heterocycles. The number of amides is 1. The number of nitrogens with zero attached hydrogens (tertiary/aromatic N) is 1. The molecule has 3 aliphatic rings. The van der Waals surface area contributed by atoms with Crippen LogP contribution in [0.2, 0.25) is 0 Å². The minimum absolute atomic E-state index is 0.0723. The summed E-state index contributed by atoms with van der Waals surface area (Å²) in [5.41, 5.74) is -1.13. The Kier molecular flexibility index (Phi) is 2.82. The first-order valence-corrected chi connectivity index (χ1v) is 7.12. The predicted molar refractivity (Wildman–Crippen MR) is 67.7 cm³/mol. The van der Waals surface area contributed by atoms with Crippen molar-refractivity contribution in [3.63, 3.8) is 0 Å². The average Bonchev–Trinajstić information content (AvgIpc) is 3.04. The summed E-state index contributed by atoms with van der Waals surface area (Å²) in [7, 11) is 0. The van der Waals surface area contributed by atoms with Crippen LogP contribution >= 0.6 is 0 Å². The molecule has 3 saturated heterocycles. The molecule has 1 amide bonds. The zero-order valence-electron chi connectivity index (χ0n) is 11.8. The van der Waals surface area contributed by atoms with Crippen molar-refractivity contribution in [2.45, 2.75) is 75.9 Å². The topological polar surface area (TPSA) is 42.1 Å². The summed E-state index contributed by atoms with van der Waals surface area (Å²) in [6.07, 6.45) is 1.78. The summed E-state index contributed by atoms with van der Waals surface area (Å²) in [6.45, 7) is 6.01. The van der Waals surface area contributed by atoms with Crippen LogP contribution in [0.3, 0.4) is 0 Å². The molecule has 0 N–H and O–H groups in total. The van der Waals surface area contributed by atoms with E-state index < -0.39 is 17.4 Å². The number of hydrogen-bond donors (Lipinski definition) is 0. The Labute approximate surface area is 113 Å². The van der Waals surface area contributed by atoms with Crippen molar-refractivity contribution < 1.29 is 18.7 Å². The van der Waals surface area contributed by atoms with Gasteiger partial charge in [-0.2, -0.15) is 0 Å². The molecular weight excluding hydrogens is 249 g/mol. The van der Waals surface area contributed by atoms with E-state index in [1.54, 1.807) is 4.90 Å². The second-order valence-electron chi connectivity index (χ2n) is 7.00. The largest absolute Gasteiger partial charge is 0.444 e. The van der Waals surface area contributed by atoms with Crippen LogP contribution < -0.4 is 0 Å². The maximum absolute atomic E-state index is 14.6. The number of hydrogen-bond acceptors (Lipinski definition) is 3. The van der Waals surface area contributed by atoms with Crippen molar-refractivity contribution in [1.82, 2.24) is 4.90 Å². The highest BCUT2D eigenvalue weighted by atomic mass is 19.1. The highest BCUT2D eigenvalue weighted by molar-refractivity contribution is 5.69. The molecule has 3 rings (SSSR count). The molecule has 4 atom stereocenters. The van der Waals surface area contributed by atoms with Crippen LogP contribution in [0.15, 0.2) is 0 Å². The van der Waals surface area contributed by atoms with Gasteiger partial charge in [0.2, 0.25) is 0 Å². The molecule has 3 heterocycles. The molecule has 108 valence electrons. The second kappa shape index (κ2) is 4.08. The highest BCUT2D eigenvalue weighted by Crippen LogP contribution is 2.49. The van der Waals surface area contributed by atoms with E-state index in [-0.39, 0.29) is 18.2 Å². The normalized spacial score (nSPS) is 41.3. The monoisotopic (exact) mass is 271 g/mol. The van der Waals surface area contributed by atoms with Gasteiger partial charge in [0.15, 0.2) is 6.17 Å². The van der Waals surface area contributed by atoms with E-state index in [0.717, 1.165) is 12.8 Å². The molecule has 0 saturated carbocycles. The van der Waals surface area contributed by atoms with Gasteiger partial charge in [0, 0.05) is 12.5 Å². The lowest BCUT2D eigenvalue weighted by Gasteiger charge is -2.49. The summed E-state index contributed by atoms with van der Waals surface area (Å²) in [4.78, 5) is 13.9. The number of epoxide rings is 1. The summed E-state index contributed by atoms with van der Waals surface area (Å²) >= 11 is 0. The number of fused-ring (bicyclic) bond motifs is 2. The number of alkyl halides is 1. The van der Waals surface area contributed by atoms with Gasteiger partial charge in [-0.1, -0.05) is 0 Å². The van der Waals surface area contributed by atoms with Crippen molar-refractivity contribution in [3.05, 3.63) is 0 Å². The first-order chi connectivity index (χ1) is 8.82. The Hall–Kier alpha value is -0.840. The van der Waals surface area contributed by atoms with Gasteiger partial charge in [-0.3, -0.25) is 4.90 Å². The maximum Gasteiger partial charge on any atom is 0.410 e. The average molecular weight is 271 g/mol. The third kappa shape index (κ3) is 2.22. The Balaban J connectivity index is 1.79. The number of ether oxygens (including phenoxy) is 2. The molecule has 5 heteroatoms. The van der Waals surface area contributed by atoms with E-state index in [9.17, 15) is 9.18 Å². The number of piperidine rings is 2. The number of carbonyl (C=O) groups is 1. The number of halogens is 1. The molecule has 0 radical (unpaired) electrons. The van der Waals surface area contributed by atoms with Crippen molar-refractivity contribution >= 4 is 6.09 Å². The van der Waals surface area contributed by atoms with E-state index in [0.29, 0.717) is 19.4 Å². The third-order valence-electron chi connectivity index (χ3n) is 4.33. The number of carbonyl (C=O) groups excluding carboxylic acids is 1. The fourth-order valence-corrected chi connectivity index (χ4v) is 3.43. The van der Waals surface area contributed by atoms with Crippen molar-refractivity contribution in [2.75, 3.05) is 6.61 Å². The Bertz CT molecular complexity index is 389. The van der Waals surface area contributed by atoms with Gasteiger partial charge in [0.25, 0.3) is 0 Å². The SMILES string of the molecule is CC(C)(C)OC(=O)N1[C@@H]2CCC[C@H]1[C@H](F)C1(CO1)C2. The van der Waals surface area contributed by atoms with E-state index in [2.05, 4.69) is 0 Å². The molecule has 0 aromatic rings. The fourth-order valence-electron chi connectivity index (χ4n) is 3.43. The fraction of sp³-hybridized carbons (Fsp3) is 0.929. The van der Waals surface area contributed by atoms with Crippen LogP contribution in [0, 0.1) is 0 Å². The Morgan fingerprint density at radius 3 is 2.68 bits per heavy atom. The van der Waals surface area contributed by atoms with Crippen molar-refractivity contribution in [2.24, 2.45) is 0 Å². The quantitative estimate of drug-likeness (QED) is 0.636. The van der Waals surface area contributed by atoms with Crippen LogP contribution in [-0.4, -0.2) is 47.1 Å². The van der Waals surface area contributed by atoms with Crippen molar-refractivity contribution in [3.8, 4) is 0 Å². The van der Waals surface area contributed by atoms with Crippen LogP contribution in [0.1, 0.15) is 46.5 Å². The predicted octanol–water partition coefficient (Wildman–Crippen LogP) is 2.66. The van der Waals surface area contributed by atoms with Gasteiger partial charge >= 0.3 is 6.09 Å². The third-order valence-corrected chi connectivity index (χ3v) is 4.33. The van der Waals surface area contributed by atoms with Gasteiger partial charge < -0.3 is 9.47 Å². The van der Waals surface area contributed by atoms with Crippen molar-refractivity contribution in [1.29, 1.82) is 0 Å². The molecule has 3 aliphatic heterocycles. The van der Waals surface area contributed by atoms with Gasteiger partial charge in [-0.25, -0.2) is 9.18 Å². The summed E-state index contributed by atoms with van der Waals surface area (Å²) in [5, 5.41) is 0. The number of rotatable bonds is 0. The summed E-state index contributed by atoms with van der Waals surface area (Å²) < 4.78 is 25.4.